The van der Waals surface area contributed by atoms with Crippen molar-refractivity contribution < 1.29 is 4.79 Å². The Morgan fingerprint density at radius 3 is 2.37 bits per heavy atom. The molecule has 4 heteroatoms. The van der Waals surface area contributed by atoms with E-state index in [-0.39, 0.29) is 17.0 Å². The average molecular weight is 263 g/mol. The number of rotatable bonds is 3. The van der Waals surface area contributed by atoms with Crippen LogP contribution in [-0.4, -0.2) is 29.4 Å². The van der Waals surface area contributed by atoms with Crippen molar-refractivity contribution in [2.24, 2.45) is 0 Å². The van der Waals surface area contributed by atoms with Crippen LogP contribution in [0.15, 0.2) is 11.8 Å². The van der Waals surface area contributed by atoms with Gasteiger partial charge in [0.15, 0.2) is 0 Å². The minimum absolute atomic E-state index is 0.183. The number of carbonyl (C=O) groups is 1. The van der Waals surface area contributed by atoms with Gasteiger partial charge in [0, 0.05) is 24.8 Å². The lowest BCUT2D eigenvalue weighted by molar-refractivity contribution is -0.118. The summed E-state index contributed by atoms with van der Waals surface area (Å²) in [5.74, 6) is -0.294. The van der Waals surface area contributed by atoms with Gasteiger partial charge in [-0.05, 0) is 33.6 Å². The third-order valence-electron chi connectivity index (χ3n) is 3.34. The number of nitrogens with one attached hydrogen (secondary N) is 1. The molecule has 0 heterocycles. The smallest absolute Gasteiger partial charge is 0.263 e. The van der Waals surface area contributed by atoms with Gasteiger partial charge >= 0.3 is 0 Å². The van der Waals surface area contributed by atoms with E-state index in [0.717, 1.165) is 12.8 Å². The zero-order chi connectivity index (χ0) is 14.5. The van der Waals surface area contributed by atoms with E-state index in [4.69, 9.17) is 5.26 Å². The van der Waals surface area contributed by atoms with Crippen LogP contribution < -0.4 is 5.32 Å². The first-order chi connectivity index (χ1) is 8.83. The Morgan fingerprint density at radius 1 is 1.32 bits per heavy atom. The molecule has 0 bridgehead atoms. The lowest BCUT2D eigenvalue weighted by atomic mass is 9.94. The van der Waals surface area contributed by atoms with Crippen LogP contribution in [0.1, 0.15) is 52.9 Å². The van der Waals surface area contributed by atoms with Crippen LogP contribution in [-0.2, 0) is 4.79 Å². The lowest BCUT2D eigenvalue weighted by Crippen LogP contribution is -2.41. The molecule has 4 nitrogen and oxygen atoms in total. The van der Waals surface area contributed by atoms with Crippen molar-refractivity contribution in [1.82, 2.24) is 10.2 Å². The monoisotopic (exact) mass is 263 g/mol. The Bertz CT molecular complexity index is 381. The zero-order valence-corrected chi connectivity index (χ0v) is 12.5. The molecule has 1 rings (SSSR count). The maximum Gasteiger partial charge on any atom is 0.263 e. The molecule has 1 aliphatic rings. The molecule has 1 amide bonds. The van der Waals surface area contributed by atoms with E-state index in [9.17, 15) is 4.79 Å². The summed E-state index contributed by atoms with van der Waals surface area (Å²) in [6, 6.07) is 2.46. The molecule has 1 aliphatic carbocycles. The second-order valence-corrected chi connectivity index (χ2v) is 6.32. The van der Waals surface area contributed by atoms with Crippen LogP contribution in [0, 0.1) is 11.3 Å². The van der Waals surface area contributed by atoms with Gasteiger partial charge in [0.05, 0.1) is 0 Å². The van der Waals surface area contributed by atoms with Crippen LogP contribution in [0.5, 0.6) is 0 Å². The van der Waals surface area contributed by atoms with Gasteiger partial charge in [-0.2, -0.15) is 5.26 Å². The van der Waals surface area contributed by atoms with E-state index < -0.39 is 0 Å². The van der Waals surface area contributed by atoms with E-state index in [2.05, 4.69) is 5.32 Å². The van der Waals surface area contributed by atoms with Crippen LogP contribution in [0.2, 0.25) is 0 Å². The highest BCUT2D eigenvalue weighted by molar-refractivity contribution is 5.97. The normalized spacial score (nSPS) is 17.7. The molecule has 0 aromatic carbocycles. The fourth-order valence-electron chi connectivity index (χ4n) is 2.34. The van der Waals surface area contributed by atoms with Gasteiger partial charge in [0.2, 0.25) is 0 Å². The quantitative estimate of drug-likeness (QED) is 0.629. The van der Waals surface area contributed by atoms with Crippen molar-refractivity contribution in [3.05, 3.63) is 11.8 Å². The van der Waals surface area contributed by atoms with Gasteiger partial charge in [0.25, 0.3) is 5.91 Å². The van der Waals surface area contributed by atoms with Gasteiger partial charge in [-0.15, -0.1) is 0 Å². The molecular weight excluding hydrogens is 238 g/mol. The molecule has 1 saturated carbocycles. The predicted octanol–water partition coefficient (Wildman–Crippen LogP) is 2.57. The zero-order valence-electron chi connectivity index (χ0n) is 12.5. The summed E-state index contributed by atoms with van der Waals surface area (Å²) < 4.78 is 0. The number of hydrogen-bond acceptors (Lipinski definition) is 3. The highest BCUT2D eigenvalue weighted by atomic mass is 16.1. The third-order valence-corrected chi connectivity index (χ3v) is 3.34. The Balaban J connectivity index is 2.70. The molecule has 19 heavy (non-hydrogen) atoms. The Labute approximate surface area is 116 Å². The molecule has 106 valence electrons. The lowest BCUT2D eigenvalue weighted by Gasteiger charge is -2.30. The van der Waals surface area contributed by atoms with Gasteiger partial charge in [-0.25, -0.2) is 0 Å². The maximum atomic E-state index is 12.0. The van der Waals surface area contributed by atoms with Gasteiger partial charge in [0.1, 0.15) is 11.6 Å². The average Bonchev–Trinajstić information content (AvgIpc) is 2.34. The molecule has 0 spiro atoms. The topological polar surface area (TPSA) is 56.1 Å². The van der Waals surface area contributed by atoms with Crippen molar-refractivity contribution in [3.8, 4) is 6.07 Å². The second-order valence-electron chi connectivity index (χ2n) is 6.32. The van der Waals surface area contributed by atoms with Crippen molar-refractivity contribution in [1.29, 1.82) is 5.26 Å². The number of carbonyl (C=O) groups excluding carboxylic acids is 1. The molecule has 0 unspecified atom stereocenters. The Hall–Kier alpha value is -1.50. The van der Waals surface area contributed by atoms with Gasteiger partial charge in [-0.1, -0.05) is 19.3 Å². The van der Waals surface area contributed by atoms with Gasteiger partial charge < -0.3 is 10.2 Å². The summed E-state index contributed by atoms with van der Waals surface area (Å²) in [5, 5.41) is 12.0. The molecule has 0 radical (unpaired) electrons. The van der Waals surface area contributed by atoms with E-state index in [1.807, 2.05) is 38.8 Å². The molecule has 0 atom stereocenters. The minimum atomic E-state index is -0.323. The van der Waals surface area contributed by atoms with E-state index in [0.29, 0.717) is 6.04 Å². The first kappa shape index (κ1) is 15.6. The summed E-state index contributed by atoms with van der Waals surface area (Å²) in [5.41, 5.74) is -0.140. The van der Waals surface area contributed by atoms with Crippen LogP contribution in [0.3, 0.4) is 0 Å². The minimum Gasteiger partial charge on any atom is -0.376 e. The van der Waals surface area contributed by atoms with Crippen molar-refractivity contribution in [2.75, 3.05) is 7.05 Å². The Morgan fingerprint density at radius 2 is 1.89 bits per heavy atom. The largest absolute Gasteiger partial charge is 0.376 e. The van der Waals surface area contributed by atoms with Crippen LogP contribution in [0.25, 0.3) is 0 Å². The maximum absolute atomic E-state index is 12.0. The van der Waals surface area contributed by atoms with Crippen LogP contribution >= 0.6 is 0 Å². The second kappa shape index (κ2) is 6.60. The van der Waals surface area contributed by atoms with E-state index >= 15 is 0 Å². The van der Waals surface area contributed by atoms with Crippen molar-refractivity contribution in [2.45, 2.75) is 64.5 Å². The summed E-state index contributed by atoms with van der Waals surface area (Å²) in [6.45, 7) is 5.72. The van der Waals surface area contributed by atoms with Crippen LogP contribution in [0.4, 0.5) is 0 Å². The third kappa shape index (κ3) is 5.34. The summed E-state index contributed by atoms with van der Waals surface area (Å²) in [6.07, 6.45) is 7.75. The molecule has 1 fully saturated rings. The summed E-state index contributed by atoms with van der Waals surface area (Å²) >= 11 is 0. The van der Waals surface area contributed by atoms with Crippen molar-refractivity contribution in [3.63, 3.8) is 0 Å². The predicted molar refractivity (Wildman–Crippen MR) is 76.2 cm³/mol. The first-order valence-corrected chi connectivity index (χ1v) is 7.00. The number of nitriles is 1. The van der Waals surface area contributed by atoms with Gasteiger partial charge in [-0.3, -0.25) is 4.79 Å². The van der Waals surface area contributed by atoms with Crippen molar-refractivity contribution >= 4 is 5.91 Å². The first-order valence-electron chi connectivity index (χ1n) is 7.00. The molecule has 1 N–H and O–H groups in total. The molecule has 0 aromatic rings. The SMILES string of the molecule is CN(/C=C(/C#N)C(=O)NC(C)(C)C)C1CCCCC1. The summed E-state index contributed by atoms with van der Waals surface area (Å²) in [4.78, 5) is 14.0. The standard InChI is InChI=1S/C15H25N3O/c1-15(2,3)17-14(19)12(10-16)11-18(4)13-8-6-5-7-9-13/h11,13H,5-9H2,1-4H3,(H,17,19)/b12-11-. The fourth-order valence-corrected chi connectivity index (χ4v) is 2.34. The number of hydrogen-bond donors (Lipinski definition) is 1. The fraction of sp³-hybridized carbons (Fsp3) is 0.733. The number of amides is 1. The molecular formula is C15H25N3O. The Kier molecular flexibility index (Phi) is 5.41. The highest BCUT2D eigenvalue weighted by Gasteiger charge is 2.20. The molecule has 0 aromatic heterocycles. The molecule has 0 aliphatic heterocycles. The number of nitrogens with zero attached hydrogens (tertiary/aromatic N) is 2. The van der Waals surface area contributed by atoms with E-state index in [1.165, 1.54) is 19.3 Å². The van der Waals surface area contributed by atoms with E-state index in [1.54, 1.807) is 6.20 Å². The highest BCUT2D eigenvalue weighted by Crippen LogP contribution is 2.22. The summed E-state index contributed by atoms with van der Waals surface area (Å²) in [7, 11) is 1.96. The molecule has 0 saturated heterocycles.